The topological polar surface area (TPSA) is 85.3 Å². The highest BCUT2D eigenvalue weighted by Gasteiger charge is 2.24. The number of halogens is 1. The maximum atomic E-state index is 13.4. The Morgan fingerprint density at radius 2 is 2.00 bits per heavy atom. The van der Waals surface area contributed by atoms with Crippen molar-refractivity contribution in [2.45, 2.75) is 31.7 Å². The number of benzene rings is 1. The molecule has 0 fully saturated rings. The number of hydrogen-bond acceptors (Lipinski definition) is 4. The van der Waals surface area contributed by atoms with Crippen molar-refractivity contribution >= 4 is 15.7 Å². The first-order chi connectivity index (χ1) is 9.72. The van der Waals surface area contributed by atoms with Crippen LogP contribution in [-0.2, 0) is 10.0 Å². The van der Waals surface area contributed by atoms with Gasteiger partial charge in [-0.3, -0.25) is 0 Å². The predicted octanol–water partition coefficient (Wildman–Crippen LogP) is 2.66. The second kappa shape index (κ2) is 5.50. The second-order valence-electron chi connectivity index (χ2n) is 4.86. The molecule has 0 aliphatic carbocycles. The van der Waals surface area contributed by atoms with Gasteiger partial charge < -0.3 is 10.2 Å². The first-order valence-electron chi connectivity index (χ1n) is 6.35. The molecule has 0 amide bonds. The molecule has 0 saturated heterocycles. The first-order valence-corrected chi connectivity index (χ1v) is 7.84. The van der Waals surface area contributed by atoms with E-state index in [0.717, 1.165) is 11.6 Å². The van der Waals surface area contributed by atoms with Crippen LogP contribution in [0.15, 0.2) is 33.6 Å². The Kier molecular flexibility index (Phi) is 4.06. The number of nitrogens with one attached hydrogen (secondary N) is 1. The zero-order chi connectivity index (χ0) is 15.8. The molecule has 0 bridgehead atoms. The first kappa shape index (κ1) is 15.5. The van der Waals surface area contributed by atoms with Crippen LogP contribution in [0.25, 0.3) is 0 Å². The summed E-state index contributed by atoms with van der Waals surface area (Å²) in [4.78, 5) is -0.271. The lowest BCUT2D eigenvalue weighted by Crippen LogP contribution is -2.28. The molecule has 114 valence electrons. The van der Waals surface area contributed by atoms with Crippen molar-refractivity contribution in [3.8, 4) is 0 Å². The van der Waals surface area contributed by atoms with E-state index in [0.29, 0.717) is 11.5 Å². The highest BCUT2D eigenvalue weighted by molar-refractivity contribution is 7.89. The minimum Gasteiger partial charge on any atom is -0.466 e. The highest BCUT2D eigenvalue weighted by Crippen LogP contribution is 2.26. The molecule has 0 saturated carbocycles. The van der Waals surface area contributed by atoms with Crippen molar-refractivity contribution in [2.24, 2.45) is 0 Å². The van der Waals surface area contributed by atoms with E-state index in [9.17, 15) is 12.8 Å². The summed E-state index contributed by atoms with van der Waals surface area (Å²) in [5.41, 5.74) is 5.84. The summed E-state index contributed by atoms with van der Waals surface area (Å²) in [6.07, 6.45) is 0. The Labute approximate surface area is 123 Å². The van der Waals surface area contributed by atoms with Crippen molar-refractivity contribution in [1.29, 1.82) is 0 Å². The third-order valence-electron chi connectivity index (χ3n) is 3.18. The largest absolute Gasteiger partial charge is 0.466 e. The van der Waals surface area contributed by atoms with Gasteiger partial charge in [-0.05, 0) is 39.0 Å². The minimum atomic E-state index is -3.93. The summed E-state index contributed by atoms with van der Waals surface area (Å²) in [5.74, 6) is 0.564. The lowest BCUT2D eigenvalue weighted by Gasteiger charge is -2.15. The van der Waals surface area contributed by atoms with E-state index in [-0.39, 0.29) is 4.90 Å². The summed E-state index contributed by atoms with van der Waals surface area (Å²) < 4.78 is 45.9. The molecule has 0 spiro atoms. The van der Waals surface area contributed by atoms with E-state index >= 15 is 0 Å². The molecule has 1 aromatic carbocycles. The Balaban J connectivity index is 2.33. The fourth-order valence-corrected chi connectivity index (χ4v) is 3.56. The number of aryl methyl sites for hydroxylation is 2. The van der Waals surface area contributed by atoms with E-state index in [4.69, 9.17) is 10.2 Å². The summed E-state index contributed by atoms with van der Waals surface area (Å²) in [6.45, 7) is 5.22. The fourth-order valence-electron chi connectivity index (χ4n) is 2.19. The van der Waals surface area contributed by atoms with Gasteiger partial charge in [0.2, 0.25) is 10.0 Å². The number of furan rings is 1. The summed E-state index contributed by atoms with van der Waals surface area (Å²) in [7, 11) is -3.93. The zero-order valence-corrected chi connectivity index (χ0v) is 12.8. The minimum absolute atomic E-state index is 0.271. The lowest BCUT2D eigenvalue weighted by atomic mass is 10.1. The fraction of sp³-hybridized carbons (Fsp3) is 0.286. The molecule has 7 heteroatoms. The Hall–Kier alpha value is -1.86. The van der Waals surface area contributed by atoms with Gasteiger partial charge in [0.05, 0.1) is 5.69 Å². The molecule has 1 heterocycles. The van der Waals surface area contributed by atoms with E-state index in [1.165, 1.54) is 12.1 Å². The van der Waals surface area contributed by atoms with E-state index in [2.05, 4.69) is 4.72 Å². The van der Waals surface area contributed by atoms with E-state index in [1.807, 2.05) is 0 Å². The molecule has 1 aromatic heterocycles. The molecule has 0 aliphatic rings. The quantitative estimate of drug-likeness (QED) is 0.850. The molecule has 2 rings (SSSR count). The number of rotatable bonds is 4. The number of para-hydroxylation sites is 1. The number of nitrogens with two attached hydrogens (primary N) is 1. The average molecular weight is 312 g/mol. The zero-order valence-electron chi connectivity index (χ0n) is 12.0. The van der Waals surface area contributed by atoms with Gasteiger partial charge in [0.1, 0.15) is 22.2 Å². The molecule has 2 aromatic rings. The number of sulfonamides is 1. The van der Waals surface area contributed by atoms with Gasteiger partial charge in [-0.2, -0.15) is 0 Å². The third kappa shape index (κ3) is 3.08. The number of anilines is 1. The Bertz CT molecular complexity index is 769. The van der Waals surface area contributed by atoms with Crippen LogP contribution in [0.1, 0.15) is 30.0 Å². The third-order valence-corrected chi connectivity index (χ3v) is 4.78. The molecule has 1 unspecified atom stereocenters. The van der Waals surface area contributed by atoms with Crippen LogP contribution >= 0.6 is 0 Å². The van der Waals surface area contributed by atoms with Crippen LogP contribution < -0.4 is 10.5 Å². The molecule has 21 heavy (non-hydrogen) atoms. The molecule has 1 atom stereocenters. The Morgan fingerprint density at radius 1 is 1.33 bits per heavy atom. The van der Waals surface area contributed by atoms with Gasteiger partial charge in [0, 0.05) is 11.6 Å². The maximum absolute atomic E-state index is 13.4. The standard InChI is InChI=1S/C14H17FN2O3S/c1-8-7-11(10(3)20-8)9(2)17-21(18,19)13-6-4-5-12(15)14(13)16/h4-7,9,17H,16H2,1-3H3. The van der Waals surface area contributed by atoms with Crippen molar-refractivity contribution < 1.29 is 17.2 Å². The van der Waals surface area contributed by atoms with Crippen LogP contribution in [0.2, 0.25) is 0 Å². The van der Waals surface area contributed by atoms with Crippen molar-refractivity contribution in [3.63, 3.8) is 0 Å². The smallest absolute Gasteiger partial charge is 0.243 e. The van der Waals surface area contributed by atoms with Gasteiger partial charge in [0.15, 0.2) is 0 Å². The molecule has 3 N–H and O–H groups in total. The maximum Gasteiger partial charge on any atom is 0.243 e. The predicted molar refractivity (Wildman–Crippen MR) is 77.7 cm³/mol. The van der Waals surface area contributed by atoms with Crippen LogP contribution in [-0.4, -0.2) is 8.42 Å². The summed E-state index contributed by atoms with van der Waals surface area (Å²) in [5, 5.41) is 0. The van der Waals surface area contributed by atoms with Crippen molar-refractivity contribution in [3.05, 3.63) is 47.2 Å². The molecule has 0 aliphatic heterocycles. The lowest BCUT2D eigenvalue weighted by molar-refractivity contribution is 0.496. The molecule has 0 radical (unpaired) electrons. The molecule has 5 nitrogen and oxygen atoms in total. The van der Waals surface area contributed by atoms with Gasteiger partial charge in [0.25, 0.3) is 0 Å². The molecular formula is C14H17FN2O3S. The van der Waals surface area contributed by atoms with Crippen LogP contribution in [0, 0.1) is 19.7 Å². The normalized spacial score (nSPS) is 13.3. The van der Waals surface area contributed by atoms with Gasteiger partial charge in [-0.1, -0.05) is 6.07 Å². The Morgan fingerprint density at radius 3 is 2.57 bits per heavy atom. The second-order valence-corrected chi connectivity index (χ2v) is 6.55. The van der Waals surface area contributed by atoms with Gasteiger partial charge in [-0.25, -0.2) is 17.5 Å². The summed E-state index contributed by atoms with van der Waals surface area (Å²) >= 11 is 0. The van der Waals surface area contributed by atoms with Gasteiger partial charge in [-0.15, -0.1) is 0 Å². The van der Waals surface area contributed by atoms with Crippen molar-refractivity contribution in [1.82, 2.24) is 4.72 Å². The SMILES string of the molecule is Cc1cc(C(C)NS(=O)(=O)c2cccc(F)c2N)c(C)o1. The van der Waals surface area contributed by atoms with Crippen LogP contribution in [0.5, 0.6) is 0 Å². The van der Waals surface area contributed by atoms with Crippen molar-refractivity contribution in [2.75, 3.05) is 5.73 Å². The average Bonchev–Trinajstić information content (AvgIpc) is 2.71. The highest BCUT2D eigenvalue weighted by atomic mass is 32.2. The number of hydrogen-bond donors (Lipinski definition) is 2. The van der Waals surface area contributed by atoms with Crippen LogP contribution in [0.3, 0.4) is 0 Å². The molecular weight excluding hydrogens is 295 g/mol. The van der Waals surface area contributed by atoms with E-state index in [1.54, 1.807) is 26.8 Å². The summed E-state index contributed by atoms with van der Waals surface area (Å²) in [6, 6.07) is 4.92. The van der Waals surface area contributed by atoms with Crippen LogP contribution in [0.4, 0.5) is 10.1 Å². The number of nitrogen functional groups attached to an aromatic ring is 1. The monoisotopic (exact) mass is 312 g/mol. The van der Waals surface area contributed by atoms with Gasteiger partial charge >= 0.3 is 0 Å². The van der Waals surface area contributed by atoms with E-state index < -0.39 is 27.6 Å².